The summed E-state index contributed by atoms with van der Waals surface area (Å²) in [6.07, 6.45) is 0.193. The summed E-state index contributed by atoms with van der Waals surface area (Å²) < 4.78 is 27.2. The van der Waals surface area contributed by atoms with Gasteiger partial charge in [-0.3, -0.25) is 0 Å². The average molecular weight is 312 g/mol. The van der Waals surface area contributed by atoms with Gasteiger partial charge < -0.3 is 22.4 Å². The fourth-order valence-electron chi connectivity index (χ4n) is 1.80. The number of hydrogen-bond donors (Lipinski definition) is 0. The molecule has 118 valence electrons. The number of fused-ring (bicyclic) bond motifs is 1. The van der Waals surface area contributed by atoms with Crippen LogP contribution >= 0.6 is 0 Å². The number of rotatable bonds is 9. The minimum atomic E-state index is -2.90. The molecule has 5 nitrogen and oxygen atoms in total. The van der Waals surface area contributed by atoms with E-state index in [1.54, 1.807) is 0 Å². The normalized spacial score (nSPS) is 18.0. The molecule has 2 aliphatic carbocycles. The molecule has 3 aliphatic rings. The fraction of sp³-hybridized carbons (Fsp3) is 0.600. The Bertz CT molecular complexity index is 381. The number of ether oxygens (including phenoxy) is 1. The van der Waals surface area contributed by atoms with Crippen LogP contribution in [0.25, 0.3) is 11.1 Å². The van der Waals surface area contributed by atoms with Crippen LogP contribution in [0.3, 0.4) is 0 Å². The highest BCUT2D eigenvalue weighted by Crippen LogP contribution is 2.29. The predicted molar refractivity (Wildman–Crippen MR) is 81.8 cm³/mol. The van der Waals surface area contributed by atoms with Gasteiger partial charge in [-0.15, -0.1) is 0 Å². The molecule has 0 N–H and O–H groups in total. The molecule has 1 saturated heterocycles. The Balaban J connectivity index is 0.000000218. The molecule has 6 heteroatoms. The van der Waals surface area contributed by atoms with Crippen LogP contribution < -0.4 is 0 Å². The van der Waals surface area contributed by atoms with E-state index in [1.807, 2.05) is 20.8 Å². The van der Waals surface area contributed by atoms with Crippen molar-refractivity contribution in [1.29, 1.82) is 0 Å². The Kier molecular flexibility index (Phi) is 6.34. The van der Waals surface area contributed by atoms with Gasteiger partial charge in [0.05, 0.1) is 13.2 Å². The van der Waals surface area contributed by atoms with Crippen molar-refractivity contribution in [3.05, 3.63) is 24.3 Å². The molecule has 0 bridgehead atoms. The molecule has 3 rings (SSSR count). The zero-order valence-electron chi connectivity index (χ0n) is 13.0. The first-order valence-electron chi connectivity index (χ1n) is 7.50. The van der Waals surface area contributed by atoms with Gasteiger partial charge in [0.15, 0.2) is 0 Å². The quantitative estimate of drug-likeness (QED) is 0.526. The molecule has 0 saturated carbocycles. The summed E-state index contributed by atoms with van der Waals surface area (Å²) in [6.45, 7) is 8.53. The molecule has 0 amide bonds. The SMILES string of the molecule is CCO[Si](OCC)(OCC)OCC1CO1.c1cc2ccc1-2. The summed E-state index contributed by atoms with van der Waals surface area (Å²) in [4.78, 5) is 0. The van der Waals surface area contributed by atoms with Gasteiger partial charge in [0.2, 0.25) is 0 Å². The maximum atomic E-state index is 5.62. The third-order valence-electron chi connectivity index (χ3n) is 3.03. The summed E-state index contributed by atoms with van der Waals surface area (Å²) in [5.74, 6) is 0. The monoisotopic (exact) mass is 312 g/mol. The molecule has 1 fully saturated rings. The van der Waals surface area contributed by atoms with Gasteiger partial charge in [0.1, 0.15) is 6.10 Å². The number of epoxide rings is 1. The minimum absolute atomic E-state index is 0.193. The van der Waals surface area contributed by atoms with Gasteiger partial charge in [0, 0.05) is 19.8 Å². The molecule has 0 aromatic heterocycles. The van der Waals surface area contributed by atoms with Crippen LogP contribution in [0, 0.1) is 0 Å². The van der Waals surface area contributed by atoms with Crippen molar-refractivity contribution in [1.82, 2.24) is 0 Å². The maximum Gasteiger partial charge on any atom is 0.679 e. The van der Waals surface area contributed by atoms with Crippen molar-refractivity contribution in [2.45, 2.75) is 26.9 Å². The molecular formula is C15H24O5Si. The van der Waals surface area contributed by atoms with Gasteiger partial charge in [0.25, 0.3) is 0 Å². The highest BCUT2D eigenvalue weighted by Gasteiger charge is 2.46. The van der Waals surface area contributed by atoms with Crippen molar-refractivity contribution in [2.24, 2.45) is 0 Å². The van der Waals surface area contributed by atoms with Gasteiger partial charge in [-0.25, -0.2) is 0 Å². The summed E-state index contributed by atoms with van der Waals surface area (Å²) in [7, 11) is -2.90. The predicted octanol–water partition coefficient (Wildman–Crippen LogP) is 2.61. The second kappa shape index (κ2) is 8.02. The molecule has 0 aromatic carbocycles. The van der Waals surface area contributed by atoms with E-state index < -0.39 is 9.05 Å². The molecule has 1 aliphatic heterocycles. The van der Waals surface area contributed by atoms with Crippen LogP contribution in [-0.4, -0.2) is 48.2 Å². The minimum Gasteiger partial charge on any atom is -0.371 e. The maximum absolute atomic E-state index is 5.62. The second-order valence-corrected chi connectivity index (χ2v) is 6.80. The van der Waals surface area contributed by atoms with E-state index in [0.29, 0.717) is 26.4 Å². The molecule has 1 unspecified atom stereocenters. The first-order valence-corrected chi connectivity index (χ1v) is 9.14. The Morgan fingerprint density at radius 2 is 1.33 bits per heavy atom. The van der Waals surface area contributed by atoms with E-state index in [9.17, 15) is 0 Å². The lowest BCUT2D eigenvalue weighted by Gasteiger charge is -2.26. The van der Waals surface area contributed by atoms with Crippen LogP contribution in [0.5, 0.6) is 0 Å². The Morgan fingerprint density at radius 1 is 0.905 bits per heavy atom. The highest BCUT2D eigenvalue weighted by molar-refractivity contribution is 6.53. The Morgan fingerprint density at radius 3 is 1.57 bits per heavy atom. The van der Waals surface area contributed by atoms with Crippen molar-refractivity contribution in [3.63, 3.8) is 0 Å². The van der Waals surface area contributed by atoms with Crippen molar-refractivity contribution >= 4 is 9.05 Å². The van der Waals surface area contributed by atoms with E-state index in [2.05, 4.69) is 24.3 Å². The number of hydrogen-bond acceptors (Lipinski definition) is 5. The third kappa shape index (κ3) is 4.88. The van der Waals surface area contributed by atoms with E-state index in [-0.39, 0.29) is 6.10 Å². The molecule has 0 radical (unpaired) electrons. The van der Waals surface area contributed by atoms with Crippen LogP contribution in [0.4, 0.5) is 0 Å². The third-order valence-corrected chi connectivity index (χ3v) is 5.48. The molecule has 1 atom stereocenters. The van der Waals surface area contributed by atoms with Gasteiger partial charge in [-0.1, -0.05) is 24.3 Å². The van der Waals surface area contributed by atoms with E-state index >= 15 is 0 Å². The number of benzene rings is 1. The van der Waals surface area contributed by atoms with E-state index in [0.717, 1.165) is 6.61 Å². The zero-order valence-corrected chi connectivity index (χ0v) is 14.0. The lowest BCUT2D eigenvalue weighted by atomic mass is 9.95. The Labute approximate surface area is 127 Å². The average Bonchev–Trinajstić information content (AvgIpc) is 3.26. The standard InChI is InChI=1S/C9H20O5Si.C6H4/c1-4-11-15(12-5-2,13-6-3)14-8-9-7-10-9;1-2-6-4-3-5(1)6/h9H,4-8H2,1-3H3;1-4H. The van der Waals surface area contributed by atoms with E-state index in [1.165, 1.54) is 11.1 Å². The summed E-state index contributed by atoms with van der Waals surface area (Å²) in [6, 6.07) is 8.48. The largest absolute Gasteiger partial charge is 0.679 e. The molecule has 1 heterocycles. The highest BCUT2D eigenvalue weighted by atomic mass is 28.4. The van der Waals surface area contributed by atoms with Gasteiger partial charge >= 0.3 is 9.05 Å². The lowest BCUT2D eigenvalue weighted by molar-refractivity contribution is -0.0300. The molecule has 0 aromatic rings. The second-order valence-electron chi connectivity index (χ2n) is 4.64. The van der Waals surface area contributed by atoms with Crippen LogP contribution in [-0.2, 0) is 22.4 Å². The van der Waals surface area contributed by atoms with Gasteiger partial charge in [-0.2, -0.15) is 0 Å². The summed E-state index contributed by atoms with van der Waals surface area (Å²) >= 11 is 0. The zero-order chi connectivity index (χ0) is 15.1. The van der Waals surface area contributed by atoms with Crippen molar-refractivity contribution in [3.8, 4) is 11.1 Å². The van der Waals surface area contributed by atoms with E-state index in [4.69, 9.17) is 22.4 Å². The van der Waals surface area contributed by atoms with Crippen LogP contribution in [0.15, 0.2) is 24.3 Å². The molecule has 21 heavy (non-hydrogen) atoms. The molecule has 0 spiro atoms. The fourth-order valence-corrected chi connectivity index (χ4v) is 3.75. The van der Waals surface area contributed by atoms with Crippen LogP contribution in [0.1, 0.15) is 20.8 Å². The van der Waals surface area contributed by atoms with Gasteiger partial charge in [-0.05, 0) is 31.9 Å². The first kappa shape index (κ1) is 16.6. The Hall–Kier alpha value is -0.763. The lowest BCUT2D eigenvalue weighted by Crippen LogP contribution is -2.50. The molecular weight excluding hydrogens is 288 g/mol. The van der Waals surface area contributed by atoms with Crippen molar-refractivity contribution in [2.75, 3.05) is 33.0 Å². The topological polar surface area (TPSA) is 49.5 Å². The van der Waals surface area contributed by atoms with Crippen molar-refractivity contribution < 1.29 is 22.4 Å². The first-order chi connectivity index (χ1) is 10.2. The smallest absolute Gasteiger partial charge is 0.371 e. The summed E-state index contributed by atoms with van der Waals surface area (Å²) in [5, 5.41) is 0. The summed E-state index contributed by atoms with van der Waals surface area (Å²) in [5.41, 5.74) is 2.85. The van der Waals surface area contributed by atoms with Crippen LogP contribution in [0.2, 0.25) is 0 Å².